The molecule has 0 aromatic heterocycles. The van der Waals surface area contributed by atoms with E-state index in [0.717, 1.165) is 12.8 Å². The van der Waals surface area contributed by atoms with Crippen molar-refractivity contribution in [3.63, 3.8) is 0 Å². The molecular formula is C14H28O3Si. The largest absolute Gasteiger partial charge is 0.504 e. The quantitative estimate of drug-likeness (QED) is 0.421. The third-order valence-corrected chi connectivity index (χ3v) is 6.44. The molecular weight excluding hydrogens is 244 g/mol. The molecule has 1 atom stereocenters. The van der Waals surface area contributed by atoms with Gasteiger partial charge in [0.15, 0.2) is 0 Å². The first-order chi connectivity index (χ1) is 8.70. The summed E-state index contributed by atoms with van der Waals surface area (Å²) in [4.78, 5) is 0. The van der Waals surface area contributed by atoms with E-state index in [1.54, 1.807) is 6.08 Å². The van der Waals surface area contributed by atoms with Crippen molar-refractivity contribution >= 4 is 8.80 Å². The van der Waals surface area contributed by atoms with E-state index in [1.165, 1.54) is 0 Å². The first-order valence-electron chi connectivity index (χ1n) is 6.90. The summed E-state index contributed by atoms with van der Waals surface area (Å²) < 4.78 is 17.8. The van der Waals surface area contributed by atoms with Gasteiger partial charge in [-0.3, -0.25) is 0 Å². The summed E-state index contributed by atoms with van der Waals surface area (Å²) >= 11 is 0. The van der Waals surface area contributed by atoms with Gasteiger partial charge >= 0.3 is 8.80 Å². The lowest BCUT2D eigenvalue weighted by atomic mass is 10.2. The number of hydrogen-bond donors (Lipinski definition) is 0. The first-order valence-corrected chi connectivity index (χ1v) is 8.70. The van der Waals surface area contributed by atoms with Crippen molar-refractivity contribution in [2.75, 3.05) is 19.8 Å². The molecule has 4 heteroatoms. The van der Waals surface area contributed by atoms with Gasteiger partial charge < -0.3 is 13.3 Å². The Morgan fingerprint density at radius 3 is 1.83 bits per heavy atom. The van der Waals surface area contributed by atoms with Gasteiger partial charge in [-0.1, -0.05) is 31.7 Å². The Labute approximate surface area is 113 Å². The van der Waals surface area contributed by atoms with E-state index in [2.05, 4.69) is 19.6 Å². The zero-order valence-corrected chi connectivity index (χ0v) is 13.3. The van der Waals surface area contributed by atoms with E-state index in [0.29, 0.717) is 25.4 Å². The Hall–Kier alpha value is -0.423. The minimum absolute atomic E-state index is 0.313. The normalized spacial score (nSPS) is 14.0. The summed E-state index contributed by atoms with van der Waals surface area (Å²) in [6.07, 6.45) is 7.77. The van der Waals surface area contributed by atoms with Gasteiger partial charge in [0.05, 0.1) is 0 Å². The van der Waals surface area contributed by atoms with Crippen molar-refractivity contribution in [3.05, 3.63) is 24.8 Å². The Morgan fingerprint density at radius 2 is 1.50 bits per heavy atom. The minimum atomic E-state index is -2.56. The molecule has 0 saturated carbocycles. The monoisotopic (exact) mass is 272 g/mol. The smallest absolute Gasteiger partial charge is 0.374 e. The van der Waals surface area contributed by atoms with Gasteiger partial charge in [0.25, 0.3) is 0 Å². The molecule has 1 unspecified atom stereocenters. The Balaban J connectivity index is 4.92. The van der Waals surface area contributed by atoms with Crippen LogP contribution >= 0.6 is 0 Å². The molecule has 0 rings (SSSR count). The highest BCUT2D eigenvalue weighted by atomic mass is 28.4. The fraction of sp³-hybridized carbons (Fsp3) is 0.714. The summed E-state index contributed by atoms with van der Waals surface area (Å²) in [7, 11) is -2.56. The minimum Gasteiger partial charge on any atom is -0.374 e. The van der Waals surface area contributed by atoms with Gasteiger partial charge in [-0.05, 0) is 33.6 Å². The Kier molecular flexibility index (Phi) is 10.2. The molecule has 0 fully saturated rings. The first kappa shape index (κ1) is 17.6. The van der Waals surface area contributed by atoms with Gasteiger partial charge in [0.2, 0.25) is 0 Å². The van der Waals surface area contributed by atoms with Gasteiger partial charge in [-0.25, -0.2) is 0 Å². The lowest BCUT2D eigenvalue weighted by molar-refractivity contribution is 0.0604. The lowest BCUT2D eigenvalue weighted by Gasteiger charge is -2.34. The molecule has 0 aromatic rings. The summed E-state index contributed by atoms with van der Waals surface area (Å²) in [5.41, 5.74) is 0.313. The highest BCUT2D eigenvalue weighted by molar-refractivity contribution is 6.62. The maximum atomic E-state index is 5.93. The van der Waals surface area contributed by atoms with Gasteiger partial charge in [-0.15, -0.1) is 0 Å². The summed E-state index contributed by atoms with van der Waals surface area (Å²) in [5, 5.41) is 0. The molecule has 0 heterocycles. The number of hydrogen-bond acceptors (Lipinski definition) is 3. The van der Waals surface area contributed by atoms with E-state index in [4.69, 9.17) is 13.3 Å². The molecule has 0 amide bonds. The van der Waals surface area contributed by atoms with Crippen LogP contribution in [0.15, 0.2) is 24.8 Å². The SMILES string of the molecule is C=CC=CCC(CC)[Si](OCC)(OCC)OCC. The van der Waals surface area contributed by atoms with E-state index in [1.807, 2.05) is 26.8 Å². The third kappa shape index (κ3) is 5.48. The Bertz CT molecular complexity index is 224. The van der Waals surface area contributed by atoms with Crippen LogP contribution in [-0.4, -0.2) is 28.6 Å². The zero-order valence-electron chi connectivity index (χ0n) is 12.3. The van der Waals surface area contributed by atoms with Gasteiger partial charge in [-0.2, -0.15) is 0 Å². The highest BCUT2D eigenvalue weighted by Crippen LogP contribution is 2.32. The molecule has 3 nitrogen and oxygen atoms in total. The average Bonchev–Trinajstić information content (AvgIpc) is 2.35. The Morgan fingerprint density at radius 1 is 1.00 bits per heavy atom. The van der Waals surface area contributed by atoms with Crippen molar-refractivity contribution in [1.82, 2.24) is 0 Å². The maximum absolute atomic E-state index is 5.93. The highest BCUT2D eigenvalue weighted by Gasteiger charge is 2.47. The van der Waals surface area contributed by atoms with Crippen LogP contribution in [0.3, 0.4) is 0 Å². The van der Waals surface area contributed by atoms with Crippen LogP contribution in [0.5, 0.6) is 0 Å². The topological polar surface area (TPSA) is 27.7 Å². The van der Waals surface area contributed by atoms with E-state index >= 15 is 0 Å². The van der Waals surface area contributed by atoms with Crippen LogP contribution in [0.1, 0.15) is 40.5 Å². The summed E-state index contributed by atoms with van der Waals surface area (Å²) in [5.74, 6) is 0. The standard InChI is InChI=1S/C14H28O3Si/c1-6-11-12-13-14(7-2)18(15-8-3,16-9-4)17-10-5/h6,11-12,14H,1,7-10,13H2,2-5H3. The van der Waals surface area contributed by atoms with Gasteiger partial charge in [0.1, 0.15) is 0 Å². The molecule has 18 heavy (non-hydrogen) atoms. The molecule has 0 aliphatic carbocycles. The van der Waals surface area contributed by atoms with Crippen molar-refractivity contribution in [2.45, 2.75) is 46.1 Å². The fourth-order valence-electron chi connectivity index (χ4n) is 1.98. The molecule has 0 spiro atoms. The van der Waals surface area contributed by atoms with Crippen LogP contribution in [0.25, 0.3) is 0 Å². The van der Waals surface area contributed by atoms with E-state index < -0.39 is 8.80 Å². The van der Waals surface area contributed by atoms with Crippen molar-refractivity contribution in [1.29, 1.82) is 0 Å². The zero-order chi connectivity index (χ0) is 13.9. The van der Waals surface area contributed by atoms with Crippen LogP contribution in [0.2, 0.25) is 5.54 Å². The molecule has 106 valence electrons. The van der Waals surface area contributed by atoms with Crippen molar-refractivity contribution in [2.24, 2.45) is 0 Å². The molecule has 0 aliphatic heterocycles. The number of rotatable bonds is 11. The predicted octanol–water partition coefficient (Wildman–Crippen LogP) is 3.95. The second-order valence-corrected chi connectivity index (χ2v) is 6.80. The second-order valence-electron chi connectivity index (χ2n) is 3.91. The maximum Gasteiger partial charge on any atom is 0.504 e. The summed E-state index contributed by atoms with van der Waals surface area (Å²) in [6.45, 7) is 13.7. The molecule has 0 N–H and O–H groups in total. The van der Waals surface area contributed by atoms with Gasteiger partial charge in [0, 0.05) is 25.4 Å². The summed E-state index contributed by atoms with van der Waals surface area (Å²) in [6, 6.07) is 0. The van der Waals surface area contributed by atoms with Crippen LogP contribution in [0.4, 0.5) is 0 Å². The van der Waals surface area contributed by atoms with Crippen molar-refractivity contribution in [3.8, 4) is 0 Å². The second kappa shape index (κ2) is 10.5. The number of allylic oxidation sites excluding steroid dienone is 3. The van der Waals surface area contributed by atoms with Crippen LogP contribution in [-0.2, 0) is 13.3 Å². The fourth-order valence-corrected chi connectivity index (χ4v) is 5.07. The van der Waals surface area contributed by atoms with Crippen LogP contribution < -0.4 is 0 Å². The third-order valence-electron chi connectivity index (χ3n) is 2.72. The molecule has 0 aromatic carbocycles. The van der Waals surface area contributed by atoms with E-state index in [9.17, 15) is 0 Å². The molecule has 0 saturated heterocycles. The predicted molar refractivity (Wildman–Crippen MR) is 78.6 cm³/mol. The molecule has 0 aliphatic rings. The van der Waals surface area contributed by atoms with Crippen LogP contribution in [0, 0.1) is 0 Å². The van der Waals surface area contributed by atoms with Crippen molar-refractivity contribution < 1.29 is 13.3 Å². The van der Waals surface area contributed by atoms with E-state index in [-0.39, 0.29) is 0 Å². The average molecular weight is 272 g/mol. The molecule has 0 radical (unpaired) electrons. The lowest BCUT2D eigenvalue weighted by Crippen LogP contribution is -2.50. The molecule has 0 bridgehead atoms.